The van der Waals surface area contributed by atoms with Crippen molar-refractivity contribution in [2.24, 2.45) is 5.92 Å². The molecule has 1 amide bonds. The van der Waals surface area contributed by atoms with Gasteiger partial charge in [0.25, 0.3) is 0 Å². The molecule has 0 bridgehead atoms. The molecule has 1 aliphatic heterocycles. The molecule has 0 fully saturated rings. The van der Waals surface area contributed by atoms with Crippen LogP contribution in [-0.4, -0.2) is 19.0 Å². The van der Waals surface area contributed by atoms with E-state index in [4.69, 9.17) is 11.6 Å². The molecule has 0 aromatic heterocycles. The van der Waals surface area contributed by atoms with Gasteiger partial charge in [-0.1, -0.05) is 11.6 Å². The molecule has 0 saturated carbocycles. The van der Waals surface area contributed by atoms with Crippen LogP contribution in [-0.2, 0) is 20.7 Å². The monoisotopic (exact) mass is 253 g/mol. The highest BCUT2D eigenvalue weighted by atomic mass is 35.5. The molecule has 90 valence electrons. The van der Waals surface area contributed by atoms with Gasteiger partial charge >= 0.3 is 5.97 Å². The smallest absolute Gasteiger partial charge is 0.309 e. The molecule has 0 aliphatic carbocycles. The van der Waals surface area contributed by atoms with Gasteiger partial charge in [0.15, 0.2) is 0 Å². The third-order valence-corrected chi connectivity index (χ3v) is 3.01. The molecule has 1 aliphatic rings. The summed E-state index contributed by atoms with van der Waals surface area (Å²) >= 11 is 5.90. The van der Waals surface area contributed by atoms with E-state index >= 15 is 0 Å². The maximum absolute atomic E-state index is 11.6. The predicted octanol–water partition coefficient (Wildman–Crippen LogP) is 2.01. The van der Waals surface area contributed by atoms with Crippen LogP contribution in [0.1, 0.15) is 12.0 Å². The number of hydrogen-bond acceptors (Lipinski definition) is 3. The summed E-state index contributed by atoms with van der Waals surface area (Å²) < 4.78 is 4.69. The van der Waals surface area contributed by atoms with Gasteiger partial charge in [0.1, 0.15) is 0 Å². The van der Waals surface area contributed by atoms with E-state index in [0.717, 1.165) is 5.56 Å². The molecule has 1 unspecified atom stereocenters. The number of ether oxygens (including phenoxy) is 1. The van der Waals surface area contributed by atoms with Crippen molar-refractivity contribution in [2.75, 3.05) is 12.4 Å². The number of amides is 1. The van der Waals surface area contributed by atoms with Crippen molar-refractivity contribution in [1.29, 1.82) is 0 Å². The van der Waals surface area contributed by atoms with E-state index in [1.807, 2.05) is 0 Å². The molecule has 1 N–H and O–H groups in total. The van der Waals surface area contributed by atoms with Gasteiger partial charge in [-0.2, -0.15) is 0 Å². The highest BCUT2D eigenvalue weighted by molar-refractivity contribution is 6.30. The van der Waals surface area contributed by atoms with Crippen LogP contribution in [0.15, 0.2) is 18.2 Å². The SMILES string of the molecule is COC(=O)C1CC(=O)Nc2ccc(Cl)cc2C1. The Labute approximate surface area is 104 Å². The average Bonchev–Trinajstić information content (AvgIpc) is 2.46. The summed E-state index contributed by atoms with van der Waals surface area (Å²) in [6.07, 6.45) is 0.597. The first-order chi connectivity index (χ1) is 8.10. The van der Waals surface area contributed by atoms with E-state index in [1.54, 1.807) is 18.2 Å². The fourth-order valence-electron chi connectivity index (χ4n) is 1.95. The van der Waals surface area contributed by atoms with Crippen LogP contribution >= 0.6 is 11.6 Å². The van der Waals surface area contributed by atoms with Gasteiger partial charge in [0.2, 0.25) is 5.91 Å². The maximum atomic E-state index is 11.6. The Kier molecular flexibility index (Phi) is 3.33. The van der Waals surface area contributed by atoms with Gasteiger partial charge in [0.05, 0.1) is 13.0 Å². The first kappa shape index (κ1) is 11.9. The lowest BCUT2D eigenvalue weighted by Crippen LogP contribution is -2.22. The zero-order valence-corrected chi connectivity index (χ0v) is 10.1. The number of methoxy groups -OCH3 is 1. The summed E-state index contributed by atoms with van der Waals surface area (Å²) in [5.41, 5.74) is 1.57. The van der Waals surface area contributed by atoms with Crippen LogP contribution < -0.4 is 5.32 Å². The summed E-state index contributed by atoms with van der Waals surface area (Å²) in [6, 6.07) is 5.22. The first-order valence-corrected chi connectivity index (χ1v) is 5.64. The summed E-state index contributed by atoms with van der Waals surface area (Å²) in [7, 11) is 1.32. The fourth-order valence-corrected chi connectivity index (χ4v) is 2.14. The summed E-state index contributed by atoms with van der Waals surface area (Å²) in [5, 5.41) is 3.34. The molecule has 5 heteroatoms. The number of carbonyl (C=O) groups excluding carboxylic acids is 2. The molecule has 1 atom stereocenters. The number of halogens is 1. The Balaban J connectivity index is 2.35. The van der Waals surface area contributed by atoms with Crippen molar-refractivity contribution in [3.63, 3.8) is 0 Å². The second-order valence-corrected chi connectivity index (χ2v) is 4.41. The molecule has 2 rings (SSSR count). The molecule has 1 aromatic rings. The number of hydrogen-bond donors (Lipinski definition) is 1. The molecule has 17 heavy (non-hydrogen) atoms. The standard InChI is InChI=1S/C12H12ClNO3/c1-17-12(16)8-4-7-5-9(13)2-3-10(7)14-11(15)6-8/h2-3,5,8H,4,6H2,1H3,(H,14,15). The number of rotatable bonds is 1. The molecular formula is C12H12ClNO3. The molecule has 0 spiro atoms. The minimum Gasteiger partial charge on any atom is -0.469 e. The number of esters is 1. The number of anilines is 1. The molecule has 1 heterocycles. The number of fused-ring (bicyclic) bond motifs is 1. The van der Waals surface area contributed by atoms with E-state index in [9.17, 15) is 9.59 Å². The first-order valence-electron chi connectivity index (χ1n) is 5.26. The van der Waals surface area contributed by atoms with Crippen LogP contribution in [0, 0.1) is 5.92 Å². The minimum absolute atomic E-state index is 0.138. The summed E-state index contributed by atoms with van der Waals surface area (Å²) in [4.78, 5) is 23.1. The third kappa shape index (κ3) is 2.58. The quantitative estimate of drug-likeness (QED) is 0.779. The topological polar surface area (TPSA) is 55.4 Å². The van der Waals surface area contributed by atoms with E-state index in [2.05, 4.69) is 10.1 Å². The van der Waals surface area contributed by atoms with Gasteiger partial charge < -0.3 is 10.1 Å². The molecular weight excluding hydrogens is 242 g/mol. The molecule has 1 aromatic carbocycles. The van der Waals surface area contributed by atoms with Gasteiger partial charge in [-0.05, 0) is 30.2 Å². The van der Waals surface area contributed by atoms with Crippen LogP contribution in [0.5, 0.6) is 0 Å². The van der Waals surface area contributed by atoms with Crippen molar-refractivity contribution < 1.29 is 14.3 Å². The Bertz CT molecular complexity index is 473. The van der Waals surface area contributed by atoms with Gasteiger partial charge in [-0.25, -0.2) is 0 Å². The third-order valence-electron chi connectivity index (χ3n) is 2.77. The largest absolute Gasteiger partial charge is 0.469 e. The number of carbonyl (C=O) groups is 2. The van der Waals surface area contributed by atoms with Crippen LogP contribution in [0.2, 0.25) is 5.02 Å². The Morgan fingerprint density at radius 2 is 2.24 bits per heavy atom. The average molecular weight is 254 g/mol. The van der Waals surface area contributed by atoms with Gasteiger partial charge in [-0.3, -0.25) is 9.59 Å². The lowest BCUT2D eigenvalue weighted by Gasteiger charge is -2.10. The molecule has 0 radical (unpaired) electrons. The number of nitrogens with one attached hydrogen (secondary N) is 1. The second kappa shape index (κ2) is 4.75. The van der Waals surface area contributed by atoms with Crippen molar-refractivity contribution in [1.82, 2.24) is 0 Å². The van der Waals surface area contributed by atoms with E-state index in [0.29, 0.717) is 17.1 Å². The summed E-state index contributed by atoms with van der Waals surface area (Å²) in [6.45, 7) is 0. The predicted molar refractivity (Wildman–Crippen MR) is 63.9 cm³/mol. The highest BCUT2D eigenvalue weighted by Crippen LogP contribution is 2.28. The Hall–Kier alpha value is -1.55. The lowest BCUT2D eigenvalue weighted by atomic mass is 9.97. The second-order valence-electron chi connectivity index (χ2n) is 3.98. The van der Waals surface area contributed by atoms with E-state index < -0.39 is 5.92 Å². The molecule has 4 nitrogen and oxygen atoms in total. The van der Waals surface area contributed by atoms with Crippen molar-refractivity contribution in [2.45, 2.75) is 12.8 Å². The fraction of sp³-hybridized carbons (Fsp3) is 0.333. The van der Waals surface area contributed by atoms with Gasteiger partial charge in [-0.15, -0.1) is 0 Å². The summed E-state index contributed by atoms with van der Waals surface area (Å²) in [5.74, 6) is -0.992. The highest BCUT2D eigenvalue weighted by Gasteiger charge is 2.27. The Morgan fingerprint density at radius 1 is 1.47 bits per heavy atom. The molecule has 0 saturated heterocycles. The number of benzene rings is 1. The van der Waals surface area contributed by atoms with Crippen LogP contribution in [0.3, 0.4) is 0 Å². The van der Waals surface area contributed by atoms with Crippen molar-refractivity contribution in [3.8, 4) is 0 Å². The zero-order valence-electron chi connectivity index (χ0n) is 9.33. The van der Waals surface area contributed by atoms with Gasteiger partial charge in [0, 0.05) is 17.1 Å². The minimum atomic E-state index is -0.445. The lowest BCUT2D eigenvalue weighted by molar-refractivity contribution is -0.146. The maximum Gasteiger partial charge on any atom is 0.309 e. The van der Waals surface area contributed by atoms with Crippen molar-refractivity contribution >= 4 is 29.2 Å². The Morgan fingerprint density at radius 3 is 2.94 bits per heavy atom. The normalized spacial score (nSPS) is 18.9. The van der Waals surface area contributed by atoms with Crippen LogP contribution in [0.4, 0.5) is 5.69 Å². The van der Waals surface area contributed by atoms with Crippen LogP contribution in [0.25, 0.3) is 0 Å². The van der Waals surface area contributed by atoms with E-state index in [1.165, 1.54) is 7.11 Å². The zero-order chi connectivity index (χ0) is 12.4. The van der Waals surface area contributed by atoms with Crippen molar-refractivity contribution in [3.05, 3.63) is 28.8 Å². The van der Waals surface area contributed by atoms with E-state index in [-0.39, 0.29) is 18.3 Å².